The maximum atomic E-state index is 7.39. The van der Waals surface area contributed by atoms with Crippen molar-refractivity contribution < 1.29 is 0 Å². The molecule has 88 valence electrons. The first-order chi connectivity index (χ1) is 7.47. The highest BCUT2D eigenvalue weighted by Gasteiger charge is 2.10. The second kappa shape index (κ2) is 5.01. The van der Waals surface area contributed by atoms with Crippen LogP contribution in [0.4, 0.5) is 5.69 Å². The highest BCUT2D eigenvalue weighted by atomic mass is 15.1. The van der Waals surface area contributed by atoms with Crippen molar-refractivity contribution in [2.45, 2.75) is 33.2 Å². The van der Waals surface area contributed by atoms with Crippen LogP contribution in [0.15, 0.2) is 18.2 Å². The number of nitrogen functional groups attached to an aromatic ring is 1. The van der Waals surface area contributed by atoms with Gasteiger partial charge >= 0.3 is 0 Å². The van der Waals surface area contributed by atoms with Gasteiger partial charge in [-0.15, -0.1) is 0 Å². The molecule has 1 atom stereocenters. The van der Waals surface area contributed by atoms with Crippen LogP contribution in [0.1, 0.15) is 31.4 Å². The van der Waals surface area contributed by atoms with Gasteiger partial charge in [0.2, 0.25) is 0 Å². The molecule has 0 aromatic heterocycles. The molecule has 1 aromatic carbocycles. The van der Waals surface area contributed by atoms with Gasteiger partial charge in [-0.1, -0.05) is 6.92 Å². The molecule has 0 spiro atoms. The number of hydrogen-bond donors (Lipinski definition) is 2. The zero-order valence-corrected chi connectivity index (χ0v) is 10.5. The Hall–Kier alpha value is -1.51. The average molecular weight is 219 g/mol. The zero-order chi connectivity index (χ0) is 12.3. The molecule has 0 saturated heterocycles. The number of benzene rings is 1. The van der Waals surface area contributed by atoms with E-state index in [9.17, 15) is 0 Å². The molecular formula is C13H21N3. The third-order valence-electron chi connectivity index (χ3n) is 3.14. The lowest BCUT2D eigenvalue weighted by atomic mass is 10.1. The van der Waals surface area contributed by atoms with Crippen LogP contribution >= 0.6 is 0 Å². The molecule has 0 bridgehead atoms. The quantitative estimate of drug-likeness (QED) is 0.604. The molecule has 0 heterocycles. The van der Waals surface area contributed by atoms with E-state index in [1.54, 1.807) is 0 Å². The maximum absolute atomic E-state index is 7.39. The van der Waals surface area contributed by atoms with Gasteiger partial charge in [0.25, 0.3) is 0 Å². The summed E-state index contributed by atoms with van der Waals surface area (Å²) in [5.74, 6) is 0.126. The third kappa shape index (κ3) is 2.54. The molecule has 0 fully saturated rings. The molecule has 0 aliphatic rings. The standard InChI is InChI=1S/C13H21N3/c1-5-10(3)16(4)12-7-6-11(13(14)15)8-9(12)2/h6-8,10H,5H2,1-4H3,(H3,14,15). The fourth-order valence-electron chi connectivity index (χ4n) is 1.73. The molecule has 3 nitrogen and oxygen atoms in total. The van der Waals surface area contributed by atoms with Gasteiger partial charge in [0.15, 0.2) is 0 Å². The molecule has 16 heavy (non-hydrogen) atoms. The molecule has 0 radical (unpaired) electrons. The van der Waals surface area contributed by atoms with Gasteiger partial charge < -0.3 is 10.6 Å². The lowest BCUT2D eigenvalue weighted by Gasteiger charge is -2.27. The van der Waals surface area contributed by atoms with E-state index in [4.69, 9.17) is 11.1 Å². The Balaban J connectivity index is 3.03. The van der Waals surface area contributed by atoms with Crippen LogP contribution in [-0.2, 0) is 0 Å². The topological polar surface area (TPSA) is 53.1 Å². The van der Waals surface area contributed by atoms with E-state index in [0.717, 1.165) is 17.5 Å². The molecule has 1 rings (SSSR count). The molecule has 0 aliphatic heterocycles. The van der Waals surface area contributed by atoms with Crippen molar-refractivity contribution in [1.29, 1.82) is 5.41 Å². The highest BCUT2D eigenvalue weighted by molar-refractivity contribution is 5.95. The largest absolute Gasteiger partial charge is 0.384 e. The van der Waals surface area contributed by atoms with E-state index in [0.29, 0.717) is 6.04 Å². The van der Waals surface area contributed by atoms with Gasteiger partial charge in [0.1, 0.15) is 5.84 Å². The predicted molar refractivity (Wildman–Crippen MR) is 70.4 cm³/mol. The van der Waals surface area contributed by atoms with Crippen molar-refractivity contribution in [3.8, 4) is 0 Å². The van der Waals surface area contributed by atoms with Crippen LogP contribution in [0.5, 0.6) is 0 Å². The van der Waals surface area contributed by atoms with Crippen LogP contribution < -0.4 is 10.6 Å². The molecule has 3 heteroatoms. The summed E-state index contributed by atoms with van der Waals surface area (Å²) in [6.45, 7) is 6.44. The predicted octanol–water partition coefficient (Wildman–Crippen LogP) is 2.51. The summed E-state index contributed by atoms with van der Waals surface area (Å²) in [6, 6.07) is 6.43. The number of aryl methyl sites for hydroxylation is 1. The van der Waals surface area contributed by atoms with Gasteiger partial charge in [-0.05, 0) is 44.0 Å². The first kappa shape index (κ1) is 12.6. The van der Waals surface area contributed by atoms with Gasteiger partial charge in [-0.2, -0.15) is 0 Å². The average Bonchev–Trinajstić information content (AvgIpc) is 2.26. The van der Waals surface area contributed by atoms with E-state index in [-0.39, 0.29) is 5.84 Å². The molecule has 1 unspecified atom stereocenters. The Morgan fingerprint density at radius 1 is 1.50 bits per heavy atom. The number of amidine groups is 1. The zero-order valence-electron chi connectivity index (χ0n) is 10.5. The Kier molecular flexibility index (Phi) is 3.93. The van der Waals surface area contributed by atoms with Crippen LogP contribution in [0.3, 0.4) is 0 Å². The first-order valence-corrected chi connectivity index (χ1v) is 5.65. The number of anilines is 1. The van der Waals surface area contributed by atoms with Crippen LogP contribution in [0.2, 0.25) is 0 Å². The second-order valence-electron chi connectivity index (χ2n) is 4.28. The summed E-state index contributed by atoms with van der Waals surface area (Å²) in [5, 5.41) is 7.39. The van der Waals surface area contributed by atoms with Crippen LogP contribution in [0.25, 0.3) is 0 Å². The number of rotatable bonds is 4. The molecule has 3 N–H and O–H groups in total. The summed E-state index contributed by atoms with van der Waals surface area (Å²) >= 11 is 0. The van der Waals surface area contributed by atoms with Crippen molar-refractivity contribution in [3.05, 3.63) is 29.3 Å². The minimum absolute atomic E-state index is 0.126. The van der Waals surface area contributed by atoms with E-state index in [1.165, 1.54) is 5.69 Å². The van der Waals surface area contributed by atoms with Crippen molar-refractivity contribution in [2.75, 3.05) is 11.9 Å². The Labute approximate surface area is 97.8 Å². The highest BCUT2D eigenvalue weighted by Crippen LogP contribution is 2.22. The normalized spacial score (nSPS) is 12.2. The van der Waals surface area contributed by atoms with E-state index in [2.05, 4.69) is 32.7 Å². The van der Waals surface area contributed by atoms with Crippen molar-refractivity contribution in [2.24, 2.45) is 5.73 Å². The lowest BCUT2D eigenvalue weighted by Crippen LogP contribution is -2.28. The Morgan fingerprint density at radius 3 is 2.56 bits per heavy atom. The Morgan fingerprint density at radius 2 is 2.12 bits per heavy atom. The van der Waals surface area contributed by atoms with Gasteiger partial charge in [0.05, 0.1) is 0 Å². The minimum Gasteiger partial charge on any atom is -0.384 e. The summed E-state index contributed by atoms with van der Waals surface area (Å²) in [6.07, 6.45) is 1.12. The Bertz CT molecular complexity index is 385. The number of nitrogens with zero attached hydrogens (tertiary/aromatic N) is 1. The van der Waals surface area contributed by atoms with Crippen molar-refractivity contribution >= 4 is 11.5 Å². The van der Waals surface area contributed by atoms with Gasteiger partial charge in [-0.25, -0.2) is 0 Å². The fraction of sp³-hybridized carbons (Fsp3) is 0.462. The van der Waals surface area contributed by atoms with Crippen molar-refractivity contribution in [1.82, 2.24) is 0 Å². The number of hydrogen-bond acceptors (Lipinski definition) is 2. The van der Waals surface area contributed by atoms with Gasteiger partial charge in [0, 0.05) is 24.3 Å². The molecule has 0 saturated carbocycles. The monoisotopic (exact) mass is 219 g/mol. The summed E-state index contributed by atoms with van der Waals surface area (Å²) in [4.78, 5) is 2.26. The van der Waals surface area contributed by atoms with Crippen LogP contribution in [0, 0.1) is 12.3 Å². The number of nitrogens with one attached hydrogen (secondary N) is 1. The minimum atomic E-state index is 0.126. The number of nitrogens with two attached hydrogens (primary N) is 1. The summed E-state index contributed by atoms with van der Waals surface area (Å²) in [7, 11) is 2.10. The lowest BCUT2D eigenvalue weighted by molar-refractivity contribution is 0.662. The summed E-state index contributed by atoms with van der Waals surface area (Å²) in [5.41, 5.74) is 8.63. The molecular weight excluding hydrogens is 198 g/mol. The first-order valence-electron chi connectivity index (χ1n) is 5.65. The third-order valence-corrected chi connectivity index (χ3v) is 3.14. The van der Waals surface area contributed by atoms with Crippen molar-refractivity contribution in [3.63, 3.8) is 0 Å². The molecule has 1 aromatic rings. The smallest absolute Gasteiger partial charge is 0.122 e. The van der Waals surface area contributed by atoms with Gasteiger partial charge in [-0.3, -0.25) is 5.41 Å². The maximum Gasteiger partial charge on any atom is 0.122 e. The van der Waals surface area contributed by atoms with E-state index in [1.807, 2.05) is 18.2 Å². The fourth-order valence-corrected chi connectivity index (χ4v) is 1.73. The molecule has 0 aliphatic carbocycles. The SMILES string of the molecule is CCC(C)N(C)c1ccc(C(=N)N)cc1C. The van der Waals surface area contributed by atoms with Crippen LogP contribution in [-0.4, -0.2) is 18.9 Å². The van der Waals surface area contributed by atoms with E-state index >= 15 is 0 Å². The molecule has 0 amide bonds. The van der Waals surface area contributed by atoms with E-state index < -0.39 is 0 Å². The summed E-state index contributed by atoms with van der Waals surface area (Å²) < 4.78 is 0. The second-order valence-corrected chi connectivity index (χ2v) is 4.28.